The van der Waals surface area contributed by atoms with Crippen LogP contribution < -0.4 is 5.32 Å². The van der Waals surface area contributed by atoms with E-state index >= 15 is 0 Å². The van der Waals surface area contributed by atoms with Crippen LogP contribution in [0.15, 0.2) is 59.7 Å². The highest BCUT2D eigenvalue weighted by Gasteiger charge is 1.97. The standard InChI is InChI=1S/C17H23N.C2H6/c1-5-7-14(3)12-15(6-2)13-16-8-10-17(18-4)11-9-16;1-2/h5-12,18H,13H2,1-4H3;1-2H3/b7-5-,14-12-,15-6-;. The first-order valence-corrected chi connectivity index (χ1v) is 7.42. The van der Waals surface area contributed by atoms with Gasteiger partial charge in [-0.1, -0.05) is 55.9 Å². The van der Waals surface area contributed by atoms with Gasteiger partial charge >= 0.3 is 0 Å². The maximum absolute atomic E-state index is 3.13. The first-order chi connectivity index (χ1) is 9.69. The van der Waals surface area contributed by atoms with Crippen molar-refractivity contribution in [2.24, 2.45) is 0 Å². The van der Waals surface area contributed by atoms with Crippen molar-refractivity contribution in [3.8, 4) is 0 Å². The van der Waals surface area contributed by atoms with Crippen molar-refractivity contribution >= 4 is 5.69 Å². The van der Waals surface area contributed by atoms with Gasteiger partial charge in [0.1, 0.15) is 0 Å². The monoisotopic (exact) mass is 271 g/mol. The summed E-state index contributed by atoms with van der Waals surface area (Å²) in [5, 5.41) is 3.13. The van der Waals surface area contributed by atoms with Gasteiger partial charge in [0.05, 0.1) is 0 Å². The Morgan fingerprint density at radius 3 is 2.15 bits per heavy atom. The van der Waals surface area contributed by atoms with Gasteiger partial charge in [0, 0.05) is 12.7 Å². The summed E-state index contributed by atoms with van der Waals surface area (Å²) < 4.78 is 0. The Kier molecular flexibility index (Phi) is 10.1. The molecule has 1 aromatic carbocycles. The minimum atomic E-state index is 0.982. The predicted molar refractivity (Wildman–Crippen MR) is 93.4 cm³/mol. The van der Waals surface area contributed by atoms with E-state index < -0.39 is 0 Å². The fourth-order valence-electron chi connectivity index (χ4n) is 1.86. The fourth-order valence-corrected chi connectivity index (χ4v) is 1.86. The molecular formula is C19H29N. The molecule has 0 spiro atoms. The van der Waals surface area contributed by atoms with Crippen LogP contribution in [0.3, 0.4) is 0 Å². The molecule has 0 saturated carbocycles. The van der Waals surface area contributed by atoms with Crippen molar-refractivity contribution < 1.29 is 0 Å². The van der Waals surface area contributed by atoms with E-state index in [0.717, 1.165) is 12.1 Å². The second kappa shape index (κ2) is 11.1. The van der Waals surface area contributed by atoms with E-state index in [1.807, 2.05) is 27.8 Å². The molecule has 0 bridgehead atoms. The van der Waals surface area contributed by atoms with Crippen molar-refractivity contribution in [1.29, 1.82) is 0 Å². The summed E-state index contributed by atoms with van der Waals surface area (Å²) in [7, 11) is 1.94. The molecule has 0 radical (unpaired) electrons. The molecule has 0 atom stereocenters. The van der Waals surface area contributed by atoms with E-state index in [4.69, 9.17) is 0 Å². The van der Waals surface area contributed by atoms with Gasteiger partial charge in [-0.05, 0) is 50.5 Å². The maximum Gasteiger partial charge on any atom is 0.0337 e. The number of anilines is 1. The van der Waals surface area contributed by atoms with E-state index in [0.29, 0.717) is 0 Å². The summed E-state index contributed by atoms with van der Waals surface area (Å²) in [6, 6.07) is 8.58. The fraction of sp³-hybridized carbons (Fsp3) is 0.368. The minimum absolute atomic E-state index is 0.982. The summed E-state index contributed by atoms with van der Waals surface area (Å²) in [5.74, 6) is 0. The average molecular weight is 271 g/mol. The molecule has 0 unspecified atom stereocenters. The molecule has 110 valence electrons. The molecule has 0 fully saturated rings. The van der Waals surface area contributed by atoms with Crippen molar-refractivity contribution in [3.05, 3.63) is 65.3 Å². The number of benzene rings is 1. The zero-order valence-electron chi connectivity index (χ0n) is 13.8. The molecule has 1 rings (SSSR count). The van der Waals surface area contributed by atoms with Gasteiger partial charge in [-0.15, -0.1) is 0 Å². The van der Waals surface area contributed by atoms with Crippen molar-refractivity contribution in [1.82, 2.24) is 0 Å². The second-order valence-corrected chi connectivity index (χ2v) is 4.38. The molecule has 0 aliphatic rings. The van der Waals surface area contributed by atoms with Crippen LogP contribution in [0, 0.1) is 0 Å². The molecule has 0 amide bonds. The van der Waals surface area contributed by atoms with Crippen LogP contribution >= 0.6 is 0 Å². The first kappa shape index (κ1) is 18.2. The Morgan fingerprint density at radius 1 is 1.10 bits per heavy atom. The van der Waals surface area contributed by atoms with Crippen LogP contribution in [-0.2, 0) is 6.42 Å². The van der Waals surface area contributed by atoms with Crippen LogP contribution in [0.1, 0.15) is 40.2 Å². The lowest BCUT2D eigenvalue weighted by atomic mass is 10.0. The highest BCUT2D eigenvalue weighted by atomic mass is 14.8. The number of allylic oxidation sites excluding steroid dienone is 6. The Balaban J connectivity index is 0.00000172. The van der Waals surface area contributed by atoms with E-state index in [9.17, 15) is 0 Å². The third-order valence-corrected chi connectivity index (χ3v) is 2.86. The largest absolute Gasteiger partial charge is 0.388 e. The molecule has 1 aromatic rings. The third kappa shape index (κ3) is 6.98. The van der Waals surface area contributed by atoms with Crippen LogP contribution in [-0.4, -0.2) is 7.05 Å². The van der Waals surface area contributed by atoms with E-state index in [1.54, 1.807) is 0 Å². The first-order valence-electron chi connectivity index (χ1n) is 7.42. The van der Waals surface area contributed by atoms with Gasteiger partial charge < -0.3 is 5.32 Å². The number of nitrogens with one attached hydrogen (secondary N) is 1. The Morgan fingerprint density at radius 2 is 1.70 bits per heavy atom. The van der Waals surface area contributed by atoms with Crippen LogP contribution in [0.2, 0.25) is 0 Å². The van der Waals surface area contributed by atoms with Gasteiger partial charge in [0.15, 0.2) is 0 Å². The summed E-state index contributed by atoms with van der Waals surface area (Å²) >= 11 is 0. The van der Waals surface area contributed by atoms with Gasteiger partial charge in [-0.2, -0.15) is 0 Å². The minimum Gasteiger partial charge on any atom is -0.388 e. The Labute approximate surface area is 125 Å². The van der Waals surface area contributed by atoms with E-state index in [-0.39, 0.29) is 0 Å². The lowest BCUT2D eigenvalue weighted by molar-refractivity contribution is 1.18. The predicted octanol–water partition coefficient (Wildman–Crippen LogP) is 5.77. The molecular weight excluding hydrogens is 242 g/mol. The number of hydrogen-bond acceptors (Lipinski definition) is 1. The van der Waals surface area contributed by atoms with Gasteiger partial charge in [0.2, 0.25) is 0 Å². The Bertz CT molecular complexity index is 447. The Hall–Kier alpha value is -1.76. The van der Waals surface area contributed by atoms with Gasteiger partial charge in [-0.25, -0.2) is 0 Å². The van der Waals surface area contributed by atoms with Gasteiger partial charge in [0.25, 0.3) is 0 Å². The molecule has 0 heterocycles. The zero-order chi connectivity index (χ0) is 15.4. The molecule has 1 nitrogen and oxygen atoms in total. The summed E-state index contributed by atoms with van der Waals surface area (Å²) in [4.78, 5) is 0. The van der Waals surface area contributed by atoms with Crippen molar-refractivity contribution in [2.75, 3.05) is 12.4 Å². The van der Waals surface area contributed by atoms with Gasteiger partial charge in [-0.3, -0.25) is 0 Å². The quantitative estimate of drug-likeness (QED) is 0.671. The van der Waals surface area contributed by atoms with Crippen molar-refractivity contribution in [3.63, 3.8) is 0 Å². The smallest absolute Gasteiger partial charge is 0.0337 e. The summed E-state index contributed by atoms with van der Waals surface area (Å²) in [6.45, 7) is 10.3. The normalized spacial score (nSPS) is 12.1. The summed E-state index contributed by atoms with van der Waals surface area (Å²) in [5.41, 5.74) is 5.13. The lowest BCUT2D eigenvalue weighted by Gasteiger charge is -2.05. The highest BCUT2D eigenvalue weighted by molar-refractivity contribution is 5.45. The SMILES string of the molecule is CC.C\C=C/C(C)=C\C(=C\C)Cc1ccc(NC)cc1. The van der Waals surface area contributed by atoms with E-state index in [1.165, 1.54) is 16.7 Å². The van der Waals surface area contributed by atoms with Crippen LogP contribution in [0.25, 0.3) is 0 Å². The number of rotatable bonds is 5. The highest BCUT2D eigenvalue weighted by Crippen LogP contribution is 2.14. The number of hydrogen-bond donors (Lipinski definition) is 1. The molecule has 0 saturated heterocycles. The second-order valence-electron chi connectivity index (χ2n) is 4.38. The molecule has 0 aliphatic carbocycles. The molecule has 20 heavy (non-hydrogen) atoms. The zero-order valence-corrected chi connectivity index (χ0v) is 13.8. The van der Waals surface area contributed by atoms with E-state index in [2.05, 4.69) is 67.7 Å². The van der Waals surface area contributed by atoms with Crippen LogP contribution in [0.5, 0.6) is 0 Å². The molecule has 0 aromatic heterocycles. The maximum atomic E-state index is 3.13. The topological polar surface area (TPSA) is 12.0 Å². The van der Waals surface area contributed by atoms with Crippen molar-refractivity contribution in [2.45, 2.75) is 41.0 Å². The molecule has 0 aliphatic heterocycles. The lowest BCUT2D eigenvalue weighted by Crippen LogP contribution is -1.91. The molecule has 1 heteroatoms. The summed E-state index contributed by atoms with van der Waals surface area (Å²) in [6.07, 6.45) is 9.61. The van der Waals surface area contributed by atoms with Crippen LogP contribution in [0.4, 0.5) is 5.69 Å². The molecule has 1 N–H and O–H groups in total. The average Bonchev–Trinajstić information content (AvgIpc) is 2.49. The third-order valence-electron chi connectivity index (χ3n) is 2.86.